The van der Waals surface area contributed by atoms with Gasteiger partial charge in [-0.15, -0.1) is 0 Å². The van der Waals surface area contributed by atoms with Crippen LogP contribution in [0.1, 0.15) is 11.1 Å². The first-order valence-electron chi connectivity index (χ1n) is 9.65. The second-order valence-electron chi connectivity index (χ2n) is 6.56. The minimum Gasteiger partial charge on any atom is -0.489 e. The topological polar surface area (TPSA) is 9.23 Å². The Balaban J connectivity index is 1.80. The molecule has 0 fully saturated rings. The van der Waals surface area contributed by atoms with E-state index in [2.05, 4.69) is 78.9 Å². The summed E-state index contributed by atoms with van der Waals surface area (Å²) >= 11 is 1.78. The highest BCUT2D eigenvalue weighted by molar-refractivity contribution is 8.08. The van der Waals surface area contributed by atoms with Gasteiger partial charge in [-0.3, -0.25) is 0 Å². The van der Waals surface area contributed by atoms with Gasteiger partial charge in [0.15, 0.2) is 0 Å². The van der Waals surface area contributed by atoms with Crippen molar-refractivity contribution in [2.45, 2.75) is 4.90 Å². The van der Waals surface area contributed by atoms with Gasteiger partial charge >= 0.3 is 0 Å². The standard InChI is InChI=1S/C27H22OS/c1-5-13-22(14-6-1)26(21-28-24-17-9-3-10-18-24)27(23-15-7-2-8-16-23)29-25-19-11-4-12-20-25/h1-20H,21H2/b27-26-. The minimum atomic E-state index is 0.498. The van der Waals surface area contributed by atoms with Crippen molar-refractivity contribution in [3.05, 3.63) is 132 Å². The van der Waals surface area contributed by atoms with Crippen LogP contribution in [0.5, 0.6) is 5.75 Å². The van der Waals surface area contributed by atoms with Crippen LogP contribution in [-0.4, -0.2) is 6.61 Å². The zero-order valence-electron chi connectivity index (χ0n) is 16.1. The molecule has 1 nitrogen and oxygen atoms in total. The number of rotatable bonds is 7. The molecule has 4 aromatic rings. The zero-order valence-corrected chi connectivity index (χ0v) is 16.9. The molecular weight excluding hydrogens is 372 g/mol. The predicted octanol–water partition coefficient (Wildman–Crippen LogP) is 7.43. The summed E-state index contributed by atoms with van der Waals surface area (Å²) in [5.74, 6) is 0.873. The number of hydrogen-bond acceptors (Lipinski definition) is 2. The van der Waals surface area contributed by atoms with Crippen molar-refractivity contribution in [1.29, 1.82) is 0 Å². The van der Waals surface area contributed by atoms with E-state index in [0.29, 0.717) is 6.61 Å². The molecule has 0 aliphatic rings. The lowest BCUT2D eigenvalue weighted by Gasteiger charge is -2.17. The number of para-hydroxylation sites is 1. The molecule has 4 aromatic carbocycles. The van der Waals surface area contributed by atoms with Crippen molar-refractivity contribution in [3.63, 3.8) is 0 Å². The number of hydrogen-bond donors (Lipinski definition) is 0. The van der Waals surface area contributed by atoms with Crippen LogP contribution in [0.15, 0.2) is 126 Å². The molecule has 0 aliphatic heterocycles. The lowest BCUT2D eigenvalue weighted by molar-refractivity contribution is 0.370. The van der Waals surface area contributed by atoms with Gasteiger partial charge in [0.2, 0.25) is 0 Å². The molecule has 0 aromatic heterocycles. The van der Waals surface area contributed by atoms with Gasteiger partial charge in [0.25, 0.3) is 0 Å². The van der Waals surface area contributed by atoms with Crippen molar-refractivity contribution in [2.75, 3.05) is 6.61 Å². The highest BCUT2D eigenvalue weighted by Gasteiger charge is 2.14. The van der Waals surface area contributed by atoms with Gasteiger partial charge in [-0.25, -0.2) is 0 Å². The van der Waals surface area contributed by atoms with Crippen molar-refractivity contribution in [1.82, 2.24) is 0 Å². The summed E-state index contributed by atoms with van der Waals surface area (Å²) in [7, 11) is 0. The van der Waals surface area contributed by atoms with Crippen LogP contribution in [0.25, 0.3) is 10.5 Å². The van der Waals surface area contributed by atoms with Crippen LogP contribution in [0.3, 0.4) is 0 Å². The molecule has 0 heterocycles. The van der Waals surface area contributed by atoms with Crippen LogP contribution in [0, 0.1) is 0 Å². The first-order chi connectivity index (χ1) is 14.4. The summed E-state index contributed by atoms with van der Waals surface area (Å²) in [5.41, 5.74) is 3.54. The van der Waals surface area contributed by atoms with Gasteiger partial charge in [0, 0.05) is 15.4 Å². The van der Waals surface area contributed by atoms with Crippen molar-refractivity contribution in [2.24, 2.45) is 0 Å². The highest BCUT2D eigenvalue weighted by atomic mass is 32.2. The normalized spacial score (nSPS) is 11.6. The maximum absolute atomic E-state index is 6.19. The van der Waals surface area contributed by atoms with E-state index in [1.807, 2.05) is 42.5 Å². The highest BCUT2D eigenvalue weighted by Crippen LogP contribution is 2.40. The summed E-state index contributed by atoms with van der Waals surface area (Å²) in [5, 5.41) is 0. The molecule has 0 spiro atoms. The molecule has 0 atom stereocenters. The molecule has 0 saturated heterocycles. The lowest BCUT2D eigenvalue weighted by Crippen LogP contribution is -2.03. The first-order valence-corrected chi connectivity index (χ1v) is 10.5. The number of thioether (sulfide) groups is 1. The van der Waals surface area contributed by atoms with E-state index in [-0.39, 0.29) is 0 Å². The number of ether oxygens (including phenoxy) is 1. The molecule has 0 bridgehead atoms. The van der Waals surface area contributed by atoms with E-state index in [1.165, 1.54) is 26.5 Å². The maximum Gasteiger partial charge on any atom is 0.119 e. The molecular formula is C27H22OS. The fraction of sp³-hybridized carbons (Fsp3) is 0.0370. The fourth-order valence-corrected chi connectivity index (χ4v) is 4.17. The summed E-state index contributed by atoms with van der Waals surface area (Å²) in [6.45, 7) is 0.498. The predicted molar refractivity (Wildman–Crippen MR) is 124 cm³/mol. The molecule has 0 radical (unpaired) electrons. The van der Waals surface area contributed by atoms with Crippen LogP contribution < -0.4 is 4.74 Å². The smallest absolute Gasteiger partial charge is 0.119 e. The van der Waals surface area contributed by atoms with E-state index in [9.17, 15) is 0 Å². The quantitative estimate of drug-likeness (QED) is 0.238. The Bertz CT molecular complexity index is 1040. The molecule has 2 heteroatoms. The molecule has 0 aliphatic carbocycles. The molecule has 0 N–H and O–H groups in total. The second kappa shape index (κ2) is 9.81. The molecule has 0 saturated carbocycles. The largest absolute Gasteiger partial charge is 0.489 e. The fourth-order valence-electron chi connectivity index (χ4n) is 3.08. The number of benzene rings is 4. The van der Waals surface area contributed by atoms with E-state index in [1.54, 1.807) is 11.8 Å². The average molecular weight is 395 g/mol. The van der Waals surface area contributed by atoms with Crippen LogP contribution >= 0.6 is 11.8 Å². The molecule has 0 amide bonds. The SMILES string of the molecule is c1ccc(OC/C(=C(/Sc2ccccc2)c2ccccc2)c2ccccc2)cc1. The van der Waals surface area contributed by atoms with Gasteiger partial charge < -0.3 is 4.74 Å². The van der Waals surface area contributed by atoms with Crippen LogP contribution in [0.2, 0.25) is 0 Å². The second-order valence-corrected chi connectivity index (χ2v) is 7.64. The van der Waals surface area contributed by atoms with Crippen LogP contribution in [0.4, 0.5) is 0 Å². The van der Waals surface area contributed by atoms with Gasteiger partial charge in [0.05, 0.1) is 0 Å². The Morgan fingerprint density at radius 1 is 0.552 bits per heavy atom. The van der Waals surface area contributed by atoms with Gasteiger partial charge in [-0.2, -0.15) is 0 Å². The summed E-state index contributed by atoms with van der Waals surface area (Å²) in [6, 6.07) is 41.5. The first kappa shape index (κ1) is 19.1. The lowest BCUT2D eigenvalue weighted by atomic mass is 10.0. The Labute approximate surface area is 176 Å². The van der Waals surface area contributed by atoms with Crippen molar-refractivity contribution in [3.8, 4) is 5.75 Å². The molecule has 0 unspecified atom stereocenters. The van der Waals surface area contributed by atoms with Crippen LogP contribution in [-0.2, 0) is 0 Å². The van der Waals surface area contributed by atoms with E-state index in [0.717, 1.165) is 5.75 Å². The third-order valence-electron chi connectivity index (χ3n) is 4.52. The van der Waals surface area contributed by atoms with E-state index >= 15 is 0 Å². The Morgan fingerprint density at radius 2 is 1.03 bits per heavy atom. The Hall–Kier alpha value is -3.23. The Kier molecular flexibility index (Phi) is 6.46. The monoisotopic (exact) mass is 394 g/mol. The minimum absolute atomic E-state index is 0.498. The summed E-state index contributed by atoms with van der Waals surface area (Å²) < 4.78 is 6.19. The van der Waals surface area contributed by atoms with Gasteiger partial charge in [-0.1, -0.05) is 109 Å². The Morgan fingerprint density at radius 3 is 1.62 bits per heavy atom. The van der Waals surface area contributed by atoms with Gasteiger partial charge in [-0.05, 0) is 35.4 Å². The van der Waals surface area contributed by atoms with E-state index < -0.39 is 0 Å². The third kappa shape index (κ3) is 5.18. The summed E-state index contributed by atoms with van der Waals surface area (Å²) in [6.07, 6.45) is 0. The summed E-state index contributed by atoms with van der Waals surface area (Å²) in [4.78, 5) is 2.42. The van der Waals surface area contributed by atoms with Crippen molar-refractivity contribution < 1.29 is 4.74 Å². The van der Waals surface area contributed by atoms with E-state index in [4.69, 9.17) is 4.74 Å². The average Bonchev–Trinajstić information content (AvgIpc) is 2.81. The molecule has 142 valence electrons. The third-order valence-corrected chi connectivity index (χ3v) is 5.72. The van der Waals surface area contributed by atoms with Crippen molar-refractivity contribution >= 4 is 22.2 Å². The molecule has 4 rings (SSSR count). The molecule has 29 heavy (non-hydrogen) atoms. The van der Waals surface area contributed by atoms with Gasteiger partial charge in [0.1, 0.15) is 12.4 Å². The maximum atomic E-state index is 6.19. The zero-order chi connectivity index (χ0) is 19.7.